The lowest BCUT2D eigenvalue weighted by molar-refractivity contribution is 0.102. The van der Waals surface area contributed by atoms with Crippen molar-refractivity contribution < 1.29 is 23.2 Å². The minimum absolute atomic E-state index is 0.0880. The van der Waals surface area contributed by atoms with Crippen LogP contribution >= 0.6 is 0 Å². The molecule has 0 aliphatic rings. The lowest BCUT2D eigenvalue weighted by atomic mass is 10.1. The third kappa shape index (κ3) is 2.89. The molecule has 0 fully saturated rings. The third-order valence-electron chi connectivity index (χ3n) is 3.17. The zero-order chi connectivity index (χ0) is 16.4. The van der Waals surface area contributed by atoms with Gasteiger partial charge >= 0.3 is 0 Å². The summed E-state index contributed by atoms with van der Waals surface area (Å²) in [5.74, 6) is -2.43. The van der Waals surface area contributed by atoms with E-state index in [9.17, 15) is 13.6 Å². The Balaban J connectivity index is 2.03. The SMILES string of the molecule is O=C(Nc1ccc(F)cc1F)c1cc2ccccc2o/c1=N/O. The average Bonchev–Trinajstić information content (AvgIpc) is 2.56. The fraction of sp³-hybridized carbons (Fsp3) is 0. The van der Waals surface area contributed by atoms with Gasteiger partial charge in [-0.05, 0) is 29.4 Å². The van der Waals surface area contributed by atoms with E-state index in [1.165, 1.54) is 6.07 Å². The van der Waals surface area contributed by atoms with Crippen LogP contribution in [0.15, 0.2) is 58.1 Å². The van der Waals surface area contributed by atoms with Crippen molar-refractivity contribution in [3.8, 4) is 0 Å². The number of fused-ring (bicyclic) bond motifs is 1. The van der Waals surface area contributed by atoms with Crippen LogP contribution in [0.25, 0.3) is 11.0 Å². The van der Waals surface area contributed by atoms with Gasteiger partial charge in [-0.15, -0.1) is 0 Å². The normalized spacial score (nSPS) is 11.7. The zero-order valence-electron chi connectivity index (χ0n) is 11.6. The first-order valence-corrected chi connectivity index (χ1v) is 6.56. The molecule has 3 aromatic rings. The second kappa shape index (κ2) is 5.88. The van der Waals surface area contributed by atoms with Crippen molar-refractivity contribution in [1.82, 2.24) is 0 Å². The van der Waals surface area contributed by atoms with Crippen molar-refractivity contribution in [2.45, 2.75) is 0 Å². The molecule has 0 aliphatic heterocycles. The number of halogens is 2. The Hall–Kier alpha value is -3.22. The number of benzene rings is 2. The minimum Gasteiger partial charge on any atom is -0.435 e. The van der Waals surface area contributed by atoms with Crippen molar-refractivity contribution in [3.63, 3.8) is 0 Å². The number of hydrogen-bond acceptors (Lipinski definition) is 4. The van der Waals surface area contributed by atoms with Gasteiger partial charge in [-0.1, -0.05) is 18.2 Å². The van der Waals surface area contributed by atoms with Crippen LogP contribution in [-0.4, -0.2) is 11.1 Å². The molecule has 0 unspecified atom stereocenters. The van der Waals surface area contributed by atoms with Crippen LogP contribution in [-0.2, 0) is 0 Å². The van der Waals surface area contributed by atoms with Gasteiger partial charge in [0.2, 0.25) is 0 Å². The molecule has 0 radical (unpaired) electrons. The zero-order valence-corrected chi connectivity index (χ0v) is 11.6. The largest absolute Gasteiger partial charge is 0.435 e. The number of carbonyl (C=O) groups excluding carboxylic acids is 1. The number of hydrogen-bond donors (Lipinski definition) is 2. The fourth-order valence-corrected chi connectivity index (χ4v) is 2.09. The van der Waals surface area contributed by atoms with Gasteiger partial charge in [-0.25, -0.2) is 8.78 Å². The molecule has 0 bridgehead atoms. The van der Waals surface area contributed by atoms with E-state index in [0.717, 1.165) is 12.1 Å². The van der Waals surface area contributed by atoms with Crippen LogP contribution in [0.2, 0.25) is 0 Å². The van der Waals surface area contributed by atoms with E-state index in [0.29, 0.717) is 17.0 Å². The monoisotopic (exact) mass is 316 g/mol. The Kier molecular flexibility index (Phi) is 3.76. The van der Waals surface area contributed by atoms with Gasteiger partial charge in [0.05, 0.1) is 5.69 Å². The van der Waals surface area contributed by atoms with Gasteiger partial charge in [0.1, 0.15) is 22.8 Å². The second-order valence-electron chi connectivity index (χ2n) is 4.68. The van der Waals surface area contributed by atoms with Crippen LogP contribution in [0, 0.1) is 11.6 Å². The Morgan fingerprint density at radius 1 is 1.13 bits per heavy atom. The summed E-state index contributed by atoms with van der Waals surface area (Å²) in [4.78, 5) is 12.3. The van der Waals surface area contributed by atoms with Crippen LogP contribution in [0.3, 0.4) is 0 Å². The standard InChI is InChI=1S/C16H10F2N2O3/c17-10-5-6-13(12(18)8-10)19-15(21)11-7-9-3-1-2-4-14(9)23-16(11)20-22/h1-8,22H,(H,19,21)/b20-16+. The van der Waals surface area contributed by atoms with Crippen molar-refractivity contribution in [1.29, 1.82) is 0 Å². The molecule has 0 spiro atoms. The Labute approximate surface area is 128 Å². The Morgan fingerprint density at radius 3 is 2.65 bits per heavy atom. The van der Waals surface area contributed by atoms with E-state index >= 15 is 0 Å². The van der Waals surface area contributed by atoms with Crippen molar-refractivity contribution in [2.75, 3.05) is 5.32 Å². The van der Waals surface area contributed by atoms with Gasteiger partial charge < -0.3 is 14.9 Å². The topological polar surface area (TPSA) is 74.8 Å². The molecular weight excluding hydrogens is 306 g/mol. The average molecular weight is 316 g/mol. The summed E-state index contributed by atoms with van der Waals surface area (Å²) in [5.41, 5.74) is -0.183. The summed E-state index contributed by atoms with van der Waals surface area (Å²) in [6.45, 7) is 0. The smallest absolute Gasteiger partial charge is 0.268 e. The highest BCUT2D eigenvalue weighted by Crippen LogP contribution is 2.17. The van der Waals surface area contributed by atoms with E-state index in [4.69, 9.17) is 9.62 Å². The molecule has 116 valence electrons. The molecule has 2 aromatic carbocycles. The number of rotatable bonds is 2. The van der Waals surface area contributed by atoms with Gasteiger partial charge in [0.25, 0.3) is 11.5 Å². The first-order chi connectivity index (χ1) is 11.1. The Morgan fingerprint density at radius 2 is 1.91 bits per heavy atom. The minimum atomic E-state index is -0.918. The number of para-hydroxylation sites is 1. The molecule has 1 amide bonds. The van der Waals surface area contributed by atoms with Gasteiger partial charge in [-0.3, -0.25) is 4.79 Å². The van der Waals surface area contributed by atoms with E-state index < -0.39 is 17.5 Å². The highest BCUT2D eigenvalue weighted by Gasteiger charge is 2.15. The maximum atomic E-state index is 13.6. The quantitative estimate of drug-likeness (QED) is 0.563. The van der Waals surface area contributed by atoms with Crippen LogP contribution in [0.5, 0.6) is 0 Å². The number of nitrogens with one attached hydrogen (secondary N) is 1. The van der Waals surface area contributed by atoms with Crippen molar-refractivity contribution in [3.05, 3.63) is 71.3 Å². The summed E-state index contributed by atoms with van der Waals surface area (Å²) >= 11 is 0. The molecule has 1 heterocycles. The summed E-state index contributed by atoms with van der Waals surface area (Å²) in [6, 6.07) is 11.0. The molecule has 1 aromatic heterocycles. The molecule has 5 nitrogen and oxygen atoms in total. The predicted octanol–water partition coefficient (Wildman–Crippen LogP) is 3.25. The van der Waals surface area contributed by atoms with Crippen LogP contribution < -0.4 is 10.9 Å². The summed E-state index contributed by atoms with van der Waals surface area (Å²) in [6.07, 6.45) is 0. The fourth-order valence-electron chi connectivity index (χ4n) is 2.09. The summed E-state index contributed by atoms with van der Waals surface area (Å²) < 4.78 is 31.8. The highest BCUT2D eigenvalue weighted by atomic mass is 19.1. The molecule has 3 rings (SSSR count). The first-order valence-electron chi connectivity index (χ1n) is 6.56. The summed E-state index contributed by atoms with van der Waals surface area (Å²) in [5, 5.41) is 14.8. The maximum Gasteiger partial charge on any atom is 0.268 e. The molecule has 0 saturated heterocycles. The molecule has 2 N–H and O–H groups in total. The molecular formula is C16H10F2N2O3. The van der Waals surface area contributed by atoms with E-state index in [1.807, 2.05) is 0 Å². The van der Waals surface area contributed by atoms with Crippen LogP contribution in [0.4, 0.5) is 14.5 Å². The van der Waals surface area contributed by atoms with E-state index in [-0.39, 0.29) is 16.8 Å². The Bertz CT molecular complexity index is 967. The van der Waals surface area contributed by atoms with Crippen molar-refractivity contribution >= 4 is 22.6 Å². The first kappa shape index (κ1) is 14.7. The lowest BCUT2D eigenvalue weighted by Gasteiger charge is -2.07. The number of amides is 1. The molecule has 0 aliphatic carbocycles. The van der Waals surface area contributed by atoms with E-state index in [1.54, 1.807) is 24.3 Å². The maximum absolute atomic E-state index is 13.6. The number of anilines is 1. The van der Waals surface area contributed by atoms with Crippen molar-refractivity contribution in [2.24, 2.45) is 5.16 Å². The van der Waals surface area contributed by atoms with Gasteiger partial charge in [-0.2, -0.15) is 0 Å². The third-order valence-corrected chi connectivity index (χ3v) is 3.17. The summed E-state index contributed by atoms with van der Waals surface area (Å²) in [7, 11) is 0. The van der Waals surface area contributed by atoms with Crippen LogP contribution in [0.1, 0.15) is 10.4 Å². The van der Waals surface area contributed by atoms with E-state index in [2.05, 4.69) is 10.5 Å². The number of carbonyl (C=O) groups is 1. The molecule has 7 heteroatoms. The molecule has 0 atom stereocenters. The van der Waals surface area contributed by atoms with Gasteiger partial charge in [0, 0.05) is 11.5 Å². The lowest BCUT2D eigenvalue weighted by Crippen LogP contribution is -2.22. The molecule has 0 saturated carbocycles. The predicted molar refractivity (Wildman–Crippen MR) is 77.9 cm³/mol. The second-order valence-corrected chi connectivity index (χ2v) is 4.68. The molecule has 23 heavy (non-hydrogen) atoms. The highest BCUT2D eigenvalue weighted by molar-refractivity contribution is 6.05. The number of nitrogens with zero attached hydrogens (tertiary/aromatic N) is 1. The van der Waals surface area contributed by atoms with Gasteiger partial charge in [0.15, 0.2) is 0 Å².